The van der Waals surface area contributed by atoms with Gasteiger partial charge in [-0.15, -0.1) is 0 Å². The van der Waals surface area contributed by atoms with E-state index in [4.69, 9.17) is 4.74 Å². The number of carbonyl (C=O) groups excluding carboxylic acids is 2. The lowest BCUT2D eigenvalue weighted by Crippen LogP contribution is -2.48. The summed E-state index contributed by atoms with van der Waals surface area (Å²) >= 11 is 0. The van der Waals surface area contributed by atoms with E-state index in [2.05, 4.69) is 52.8 Å². The lowest BCUT2D eigenvalue weighted by atomic mass is 9.93. The molecular weight excluding hydrogens is 414 g/mol. The third-order valence-corrected chi connectivity index (χ3v) is 6.19. The first-order valence-electron chi connectivity index (χ1n) is 11.6. The van der Waals surface area contributed by atoms with E-state index >= 15 is 0 Å². The molecule has 0 unspecified atom stereocenters. The minimum absolute atomic E-state index is 0.276. The zero-order valence-electron chi connectivity index (χ0n) is 19.3. The molecule has 0 spiro atoms. The molecule has 0 saturated heterocycles. The number of nitrogens with zero attached hydrogens (tertiary/aromatic N) is 1. The van der Waals surface area contributed by atoms with Gasteiger partial charge in [0.15, 0.2) is 0 Å². The van der Waals surface area contributed by atoms with Crippen molar-refractivity contribution in [2.75, 3.05) is 26.2 Å². The van der Waals surface area contributed by atoms with Gasteiger partial charge in [-0.25, -0.2) is 9.59 Å². The third-order valence-electron chi connectivity index (χ3n) is 6.19. The monoisotopic (exact) mass is 445 g/mol. The van der Waals surface area contributed by atoms with Gasteiger partial charge in [-0.1, -0.05) is 67.6 Å². The highest BCUT2D eigenvalue weighted by atomic mass is 16.5. The quantitative estimate of drug-likeness (QED) is 0.627. The van der Waals surface area contributed by atoms with Crippen LogP contribution in [0.5, 0.6) is 0 Å². The van der Waals surface area contributed by atoms with Crippen LogP contribution in [0.15, 0.2) is 71.9 Å². The maximum Gasteiger partial charge on any atom is 0.338 e. The molecule has 1 atom stereocenters. The van der Waals surface area contributed by atoms with Crippen molar-refractivity contribution < 1.29 is 14.3 Å². The molecule has 2 aromatic rings. The number of nitrogens with one attached hydrogen (secondary N) is 2. The van der Waals surface area contributed by atoms with Gasteiger partial charge in [0.25, 0.3) is 0 Å². The number of aryl methyl sites for hydroxylation is 1. The van der Waals surface area contributed by atoms with E-state index < -0.39 is 12.0 Å². The third kappa shape index (κ3) is 5.34. The van der Waals surface area contributed by atoms with Crippen LogP contribution in [0.3, 0.4) is 0 Å². The SMILES string of the molecule is CCOC(=O)C1=C(CN2CC=C(c3ccccc3)CC2)NC(=O)N[C@H]1c1ccc(CC)cc1. The van der Waals surface area contributed by atoms with E-state index in [0.717, 1.165) is 31.5 Å². The average molecular weight is 446 g/mol. The second-order valence-corrected chi connectivity index (χ2v) is 8.32. The fourth-order valence-corrected chi connectivity index (χ4v) is 4.38. The van der Waals surface area contributed by atoms with Crippen molar-refractivity contribution in [1.29, 1.82) is 0 Å². The molecule has 0 aliphatic carbocycles. The number of benzene rings is 2. The van der Waals surface area contributed by atoms with E-state index in [1.54, 1.807) is 6.92 Å². The lowest BCUT2D eigenvalue weighted by molar-refractivity contribution is -0.139. The van der Waals surface area contributed by atoms with E-state index in [1.165, 1.54) is 16.7 Å². The van der Waals surface area contributed by atoms with Crippen molar-refractivity contribution in [3.8, 4) is 0 Å². The molecule has 0 radical (unpaired) electrons. The van der Waals surface area contributed by atoms with Gasteiger partial charge >= 0.3 is 12.0 Å². The summed E-state index contributed by atoms with van der Waals surface area (Å²) < 4.78 is 5.39. The van der Waals surface area contributed by atoms with Crippen molar-refractivity contribution in [1.82, 2.24) is 15.5 Å². The summed E-state index contributed by atoms with van der Waals surface area (Å²) in [6.07, 6.45) is 4.07. The van der Waals surface area contributed by atoms with Crippen molar-refractivity contribution in [3.05, 3.63) is 88.6 Å². The van der Waals surface area contributed by atoms with Crippen LogP contribution < -0.4 is 10.6 Å². The fraction of sp³-hybridized carbons (Fsp3) is 0.333. The number of rotatable bonds is 7. The highest BCUT2D eigenvalue weighted by molar-refractivity contribution is 5.95. The zero-order chi connectivity index (χ0) is 23.2. The second-order valence-electron chi connectivity index (χ2n) is 8.32. The second kappa shape index (κ2) is 10.5. The molecule has 0 saturated carbocycles. The zero-order valence-corrected chi connectivity index (χ0v) is 19.3. The van der Waals surface area contributed by atoms with Crippen molar-refractivity contribution >= 4 is 17.6 Å². The summed E-state index contributed by atoms with van der Waals surface area (Å²) in [5.41, 5.74) is 5.73. The van der Waals surface area contributed by atoms with E-state index in [1.807, 2.05) is 30.3 Å². The van der Waals surface area contributed by atoms with Crippen LogP contribution in [0.25, 0.3) is 5.57 Å². The molecule has 0 fully saturated rings. The molecular formula is C27H31N3O3. The molecule has 2 heterocycles. The molecule has 0 bridgehead atoms. The molecule has 33 heavy (non-hydrogen) atoms. The van der Waals surface area contributed by atoms with Crippen LogP contribution in [0.4, 0.5) is 4.79 Å². The van der Waals surface area contributed by atoms with Gasteiger partial charge < -0.3 is 15.4 Å². The Morgan fingerprint density at radius 1 is 1.09 bits per heavy atom. The Kier molecular flexibility index (Phi) is 7.25. The highest BCUT2D eigenvalue weighted by Gasteiger charge is 2.34. The fourth-order valence-electron chi connectivity index (χ4n) is 4.38. The van der Waals surface area contributed by atoms with Gasteiger partial charge in [0.05, 0.1) is 18.2 Å². The summed E-state index contributed by atoms with van der Waals surface area (Å²) in [4.78, 5) is 27.8. The van der Waals surface area contributed by atoms with Gasteiger partial charge in [-0.3, -0.25) is 4.90 Å². The largest absolute Gasteiger partial charge is 0.463 e. The van der Waals surface area contributed by atoms with E-state index in [0.29, 0.717) is 17.8 Å². The van der Waals surface area contributed by atoms with Crippen LogP contribution in [-0.2, 0) is 16.0 Å². The van der Waals surface area contributed by atoms with Gasteiger partial charge in [0.2, 0.25) is 0 Å². The van der Waals surface area contributed by atoms with Gasteiger partial charge in [0, 0.05) is 25.3 Å². The molecule has 2 aliphatic rings. The Balaban J connectivity index is 1.60. The van der Waals surface area contributed by atoms with Crippen LogP contribution in [0.2, 0.25) is 0 Å². The average Bonchev–Trinajstić information content (AvgIpc) is 2.85. The molecule has 6 heteroatoms. The van der Waals surface area contributed by atoms with Crippen LogP contribution in [0, 0.1) is 0 Å². The topological polar surface area (TPSA) is 70.7 Å². The lowest BCUT2D eigenvalue weighted by Gasteiger charge is -2.33. The number of urea groups is 1. The maximum absolute atomic E-state index is 13.0. The molecule has 6 nitrogen and oxygen atoms in total. The first-order chi connectivity index (χ1) is 16.1. The van der Waals surface area contributed by atoms with Gasteiger partial charge in [-0.2, -0.15) is 0 Å². The number of amides is 2. The summed E-state index contributed by atoms with van der Waals surface area (Å²) in [6.45, 7) is 6.24. The maximum atomic E-state index is 13.0. The van der Waals surface area contributed by atoms with Gasteiger partial charge in [-0.05, 0) is 42.0 Å². The van der Waals surface area contributed by atoms with E-state index in [9.17, 15) is 9.59 Å². The summed E-state index contributed by atoms with van der Waals surface area (Å²) in [5.74, 6) is -0.401. The molecule has 0 aromatic heterocycles. The number of ether oxygens (including phenoxy) is 1. The standard InChI is InChI=1S/C27H31N3O3/c1-3-19-10-12-22(13-11-19)25-24(26(31)33-4-2)23(28-27(32)29-25)18-30-16-14-21(15-17-30)20-8-6-5-7-9-20/h5-14,25H,3-4,15-18H2,1-2H3,(H2,28,29,32)/t25-/m0/s1. The predicted octanol–water partition coefficient (Wildman–Crippen LogP) is 4.21. The Morgan fingerprint density at radius 2 is 1.85 bits per heavy atom. The number of hydrogen-bond donors (Lipinski definition) is 2. The van der Waals surface area contributed by atoms with Crippen LogP contribution >= 0.6 is 0 Å². The Bertz CT molecular complexity index is 1060. The van der Waals surface area contributed by atoms with Crippen molar-refractivity contribution in [2.45, 2.75) is 32.7 Å². The molecule has 172 valence electrons. The smallest absolute Gasteiger partial charge is 0.338 e. The predicted molar refractivity (Wildman–Crippen MR) is 129 cm³/mol. The molecule has 2 N–H and O–H groups in total. The molecule has 2 aromatic carbocycles. The van der Waals surface area contributed by atoms with Crippen molar-refractivity contribution in [3.63, 3.8) is 0 Å². The number of esters is 1. The molecule has 2 aliphatic heterocycles. The number of hydrogen-bond acceptors (Lipinski definition) is 4. The normalized spacial score (nSPS) is 18.9. The first-order valence-corrected chi connectivity index (χ1v) is 11.6. The molecule has 2 amide bonds. The van der Waals surface area contributed by atoms with E-state index in [-0.39, 0.29) is 12.6 Å². The van der Waals surface area contributed by atoms with Crippen molar-refractivity contribution in [2.24, 2.45) is 0 Å². The Morgan fingerprint density at radius 3 is 2.48 bits per heavy atom. The summed E-state index contributed by atoms with van der Waals surface area (Å²) in [5, 5.41) is 5.80. The highest BCUT2D eigenvalue weighted by Crippen LogP contribution is 2.29. The minimum atomic E-state index is -0.543. The Labute approximate surface area is 195 Å². The van der Waals surface area contributed by atoms with Crippen LogP contribution in [-0.4, -0.2) is 43.1 Å². The number of carbonyl (C=O) groups is 2. The summed E-state index contributed by atoms with van der Waals surface area (Å²) in [6, 6.07) is 17.6. The summed E-state index contributed by atoms with van der Waals surface area (Å²) in [7, 11) is 0. The molecule has 4 rings (SSSR count). The first kappa shape index (κ1) is 22.8. The minimum Gasteiger partial charge on any atom is -0.463 e. The Hall–Kier alpha value is -3.38. The van der Waals surface area contributed by atoms with Crippen LogP contribution in [0.1, 0.15) is 43.0 Å². The van der Waals surface area contributed by atoms with Gasteiger partial charge in [0.1, 0.15) is 0 Å².